The fraction of sp³-hybridized carbons (Fsp3) is 0.300. The van der Waals surface area contributed by atoms with Crippen molar-refractivity contribution in [2.24, 2.45) is 0 Å². The van der Waals surface area contributed by atoms with Crippen molar-refractivity contribution in [3.8, 4) is 0 Å². The summed E-state index contributed by atoms with van der Waals surface area (Å²) in [5, 5.41) is 1.40. The Balaban J connectivity index is 1.91. The summed E-state index contributed by atoms with van der Waals surface area (Å²) < 4.78 is 7.02. The lowest BCUT2D eigenvalue weighted by Gasteiger charge is -2.18. The Kier molecular flexibility index (Phi) is 5.89. The largest absolute Gasteiger partial charge is 0.383 e. The van der Waals surface area contributed by atoms with Gasteiger partial charge in [-0.05, 0) is 31.0 Å². The SMILES string of the molecule is COC[C@@H](C)n1c(SCCc2ccccc2)nc2ccccc2c1=O. The first-order valence-electron chi connectivity index (χ1n) is 8.37. The molecule has 0 aliphatic rings. The first-order valence-corrected chi connectivity index (χ1v) is 9.36. The molecule has 0 radical (unpaired) electrons. The Labute approximate surface area is 151 Å². The van der Waals surface area contributed by atoms with Crippen LogP contribution in [0.3, 0.4) is 0 Å². The highest BCUT2D eigenvalue weighted by Gasteiger charge is 2.16. The number of aromatic nitrogens is 2. The van der Waals surface area contributed by atoms with E-state index in [1.807, 2.05) is 49.4 Å². The second-order valence-corrected chi connectivity index (χ2v) is 7.04. The van der Waals surface area contributed by atoms with Crippen LogP contribution in [0.5, 0.6) is 0 Å². The number of nitrogens with zero attached hydrogens (tertiary/aromatic N) is 2. The molecule has 0 saturated heterocycles. The molecule has 0 N–H and O–H groups in total. The Morgan fingerprint density at radius 1 is 1.12 bits per heavy atom. The van der Waals surface area contributed by atoms with Crippen molar-refractivity contribution in [2.75, 3.05) is 19.5 Å². The highest BCUT2D eigenvalue weighted by molar-refractivity contribution is 7.99. The third-order valence-corrected chi connectivity index (χ3v) is 5.04. The van der Waals surface area contributed by atoms with Gasteiger partial charge in [-0.3, -0.25) is 9.36 Å². The lowest BCUT2D eigenvalue weighted by Crippen LogP contribution is -2.28. The summed E-state index contributed by atoms with van der Waals surface area (Å²) in [5.41, 5.74) is 2.03. The number of hydrogen-bond donors (Lipinski definition) is 0. The van der Waals surface area contributed by atoms with Gasteiger partial charge in [-0.2, -0.15) is 0 Å². The van der Waals surface area contributed by atoms with Crippen molar-refractivity contribution < 1.29 is 4.74 Å². The Morgan fingerprint density at radius 3 is 2.60 bits per heavy atom. The Morgan fingerprint density at radius 2 is 1.84 bits per heavy atom. The fourth-order valence-electron chi connectivity index (χ4n) is 2.84. The topological polar surface area (TPSA) is 44.1 Å². The quantitative estimate of drug-likeness (QED) is 0.476. The summed E-state index contributed by atoms with van der Waals surface area (Å²) in [6.07, 6.45) is 0.937. The molecule has 3 rings (SSSR count). The molecule has 0 amide bonds. The van der Waals surface area contributed by atoms with Gasteiger partial charge >= 0.3 is 0 Å². The highest BCUT2D eigenvalue weighted by Crippen LogP contribution is 2.22. The summed E-state index contributed by atoms with van der Waals surface area (Å²) >= 11 is 1.62. The second kappa shape index (κ2) is 8.32. The van der Waals surface area contributed by atoms with Crippen molar-refractivity contribution in [3.05, 3.63) is 70.5 Å². The summed E-state index contributed by atoms with van der Waals surface area (Å²) in [6.45, 7) is 2.47. The van der Waals surface area contributed by atoms with E-state index in [1.165, 1.54) is 5.56 Å². The molecule has 130 valence electrons. The van der Waals surface area contributed by atoms with Crippen LogP contribution in [0.25, 0.3) is 10.9 Å². The molecule has 0 unspecified atom stereocenters. The predicted molar refractivity (Wildman–Crippen MR) is 103 cm³/mol. The lowest BCUT2D eigenvalue weighted by molar-refractivity contribution is 0.156. The van der Waals surface area contributed by atoms with Crippen LogP contribution in [0, 0.1) is 0 Å². The van der Waals surface area contributed by atoms with E-state index < -0.39 is 0 Å². The van der Waals surface area contributed by atoms with Crippen LogP contribution in [0.1, 0.15) is 18.5 Å². The first kappa shape index (κ1) is 17.7. The molecule has 0 fully saturated rings. The molecule has 0 spiro atoms. The second-order valence-electron chi connectivity index (χ2n) is 5.98. The number of fused-ring (bicyclic) bond motifs is 1. The van der Waals surface area contributed by atoms with Gasteiger partial charge in [0.1, 0.15) is 0 Å². The summed E-state index contributed by atoms with van der Waals surface area (Å²) in [5.74, 6) is 0.870. The smallest absolute Gasteiger partial charge is 0.262 e. The zero-order valence-corrected chi connectivity index (χ0v) is 15.3. The molecule has 1 atom stereocenters. The van der Waals surface area contributed by atoms with Gasteiger partial charge in [0.25, 0.3) is 5.56 Å². The van der Waals surface area contributed by atoms with Crippen molar-refractivity contribution in [3.63, 3.8) is 0 Å². The van der Waals surface area contributed by atoms with E-state index >= 15 is 0 Å². The number of rotatable bonds is 7. The predicted octanol–water partition coefficient (Wildman–Crippen LogP) is 3.94. The fourth-order valence-corrected chi connectivity index (χ4v) is 3.92. The van der Waals surface area contributed by atoms with Crippen LogP contribution in [-0.2, 0) is 11.2 Å². The zero-order valence-electron chi connectivity index (χ0n) is 14.5. The third-order valence-electron chi connectivity index (χ3n) is 4.09. The van der Waals surface area contributed by atoms with Crippen LogP contribution in [0.4, 0.5) is 0 Å². The maximum atomic E-state index is 13.0. The van der Waals surface area contributed by atoms with E-state index in [0.717, 1.165) is 22.8 Å². The minimum Gasteiger partial charge on any atom is -0.383 e. The van der Waals surface area contributed by atoms with Gasteiger partial charge in [0.2, 0.25) is 0 Å². The molecule has 0 aliphatic carbocycles. The summed E-state index contributed by atoms with van der Waals surface area (Å²) in [7, 11) is 1.65. The molecule has 0 bridgehead atoms. The van der Waals surface area contributed by atoms with E-state index in [0.29, 0.717) is 12.0 Å². The van der Waals surface area contributed by atoms with E-state index in [9.17, 15) is 4.79 Å². The third kappa shape index (κ3) is 4.11. The molecular formula is C20H22N2O2S. The molecule has 25 heavy (non-hydrogen) atoms. The molecule has 0 aliphatic heterocycles. The number of hydrogen-bond acceptors (Lipinski definition) is 4. The van der Waals surface area contributed by atoms with Gasteiger partial charge in [-0.1, -0.05) is 54.2 Å². The molecular weight excluding hydrogens is 332 g/mol. The minimum atomic E-state index is -0.0613. The summed E-state index contributed by atoms with van der Waals surface area (Å²) in [6, 6.07) is 17.8. The monoisotopic (exact) mass is 354 g/mol. The van der Waals surface area contributed by atoms with E-state index in [-0.39, 0.29) is 11.6 Å². The maximum absolute atomic E-state index is 13.0. The molecule has 5 heteroatoms. The van der Waals surface area contributed by atoms with Gasteiger partial charge in [-0.15, -0.1) is 0 Å². The molecule has 1 heterocycles. The molecule has 2 aromatic carbocycles. The van der Waals surface area contributed by atoms with E-state index in [2.05, 4.69) is 12.1 Å². The molecule has 4 nitrogen and oxygen atoms in total. The molecule has 3 aromatic rings. The highest BCUT2D eigenvalue weighted by atomic mass is 32.2. The Hall–Kier alpha value is -2.11. The van der Waals surface area contributed by atoms with Gasteiger partial charge in [0, 0.05) is 12.9 Å². The normalized spacial score (nSPS) is 12.4. The summed E-state index contributed by atoms with van der Waals surface area (Å²) in [4.78, 5) is 17.7. The van der Waals surface area contributed by atoms with Gasteiger partial charge in [0.05, 0.1) is 23.6 Å². The number of aryl methyl sites for hydroxylation is 1. The zero-order chi connectivity index (χ0) is 17.6. The number of methoxy groups -OCH3 is 1. The number of para-hydroxylation sites is 1. The van der Waals surface area contributed by atoms with E-state index in [4.69, 9.17) is 9.72 Å². The van der Waals surface area contributed by atoms with Crippen molar-refractivity contribution in [2.45, 2.75) is 24.5 Å². The standard InChI is InChI=1S/C20H22N2O2S/c1-15(14-24-2)22-19(23)17-10-6-7-11-18(17)21-20(22)25-13-12-16-8-4-3-5-9-16/h3-11,15H,12-14H2,1-2H3/t15-/m1/s1. The van der Waals surface area contributed by atoms with Crippen LogP contribution in [0.2, 0.25) is 0 Å². The first-order chi connectivity index (χ1) is 12.2. The van der Waals surface area contributed by atoms with Gasteiger partial charge in [0.15, 0.2) is 5.16 Å². The average Bonchev–Trinajstić information content (AvgIpc) is 2.63. The minimum absolute atomic E-state index is 0.00244. The number of thioether (sulfide) groups is 1. The average molecular weight is 354 g/mol. The van der Waals surface area contributed by atoms with Crippen LogP contribution >= 0.6 is 11.8 Å². The number of ether oxygens (including phenoxy) is 1. The van der Waals surface area contributed by atoms with Crippen molar-refractivity contribution >= 4 is 22.7 Å². The lowest BCUT2D eigenvalue weighted by atomic mass is 10.2. The van der Waals surface area contributed by atoms with E-state index in [1.54, 1.807) is 23.4 Å². The van der Waals surface area contributed by atoms with Gasteiger partial charge < -0.3 is 4.74 Å². The van der Waals surface area contributed by atoms with Crippen molar-refractivity contribution in [1.82, 2.24) is 9.55 Å². The van der Waals surface area contributed by atoms with Crippen LogP contribution < -0.4 is 5.56 Å². The number of benzene rings is 2. The molecule has 0 saturated carbocycles. The van der Waals surface area contributed by atoms with Crippen molar-refractivity contribution in [1.29, 1.82) is 0 Å². The van der Waals surface area contributed by atoms with Crippen LogP contribution in [-0.4, -0.2) is 29.0 Å². The maximum Gasteiger partial charge on any atom is 0.262 e. The van der Waals surface area contributed by atoms with Crippen LogP contribution in [0.15, 0.2) is 64.5 Å². The molecule has 1 aromatic heterocycles. The Bertz CT molecular complexity index is 893. The van der Waals surface area contributed by atoms with Gasteiger partial charge in [-0.25, -0.2) is 4.98 Å².